The summed E-state index contributed by atoms with van der Waals surface area (Å²) >= 11 is 0. The SMILES string of the molecule is COc1ccc(C(C)=O)c(O[C@@H](C)C(=O)N2c3ccccc3C[C@@H]2C)c1. The third kappa shape index (κ3) is 3.29. The molecule has 26 heavy (non-hydrogen) atoms. The van der Waals surface area contributed by atoms with E-state index in [9.17, 15) is 9.59 Å². The van der Waals surface area contributed by atoms with Crippen LogP contribution in [0.2, 0.25) is 0 Å². The molecule has 0 aromatic heterocycles. The smallest absolute Gasteiger partial charge is 0.268 e. The van der Waals surface area contributed by atoms with Crippen LogP contribution in [0.5, 0.6) is 11.5 Å². The van der Waals surface area contributed by atoms with Crippen LogP contribution in [0.1, 0.15) is 36.7 Å². The van der Waals surface area contributed by atoms with Crippen LogP contribution >= 0.6 is 0 Å². The monoisotopic (exact) mass is 353 g/mol. The summed E-state index contributed by atoms with van der Waals surface area (Å²) in [7, 11) is 1.55. The van der Waals surface area contributed by atoms with Crippen molar-refractivity contribution in [2.45, 2.75) is 39.3 Å². The summed E-state index contributed by atoms with van der Waals surface area (Å²) in [5, 5.41) is 0. The van der Waals surface area contributed by atoms with Crippen molar-refractivity contribution < 1.29 is 19.1 Å². The van der Waals surface area contributed by atoms with Crippen molar-refractivity contribution in [1.29, 1.82) is 0 Å². The molecular formula is C21H23NO4. The van der Waals surface area contributed by atoms with Gasteiger partial charge in [0.15, 0.2) is 11.9 Å². The molecule has 3 rings (SSSR count). The molecule has 1 amide bonds. The van der Waals surface area contributed by atoms with Gasteiger partial charge in [0.05, 0.1) is 12.7 Å². The fourth-order valence-corrected chi connectivity index (χ4v) is 3.36. The van der Waals surface area contributed by atoms with Gasteiger partial charge in [-0.3, -0.25) is 9.59 Å². The molecule has 0 saturated carbocycles. The van der Waals surface area contributed by atoms with E-state index in [2.05, 4.69) is 0 Å². The van der Waals surface area contributed by atoms with Crippen molar-refractivity contribution >= 4 is 17.4 Å². The molecule has 5 heteroatoms. The Morgan fingerprint density at radius 3 is 2.62 bits per heavy atom. The summed E-state index contributed by atoms with van der Waals surface area (Å²) in [5.41, 5.74) is 2.52. The van der Waals surface area contributed by atoms with E-state index >= 15 is 0 Å². The van der Waals surface area contributed by atoms with Gasteiger partial charge in [0.1, 0.15) is 11.5 Å². The topological polar surface area (TPSA) is 55.8 Å². The Labute approximate surface area is 153 Å². The number of anilines is 1. The molecule has 2 aromatic carbocycles. The minimum absolute atomic E-state index is 0.0727. The van der Waals surface area contributed by atoms with Crippen LogP contribution in [0.3, 0.4) is 0 Å². The largest absolute Gasteiger partial charge is 0.497 e. The van der Waals surface area contributed by atoms with Crippen LogP contribution in [0.15, 0.2) is 42.5 Å². The average Bonchev–Trinajstić information content (AvgIpc) is 2.96. The number of carbonyl (C=O) groups excluding carboxylic acids is 2. The first-order valence-electron chi connectivity index (χ1n) is 8.69. The first-order chi connectivity index (χ1) is 12.4. The summed E-state index contributed by atoms with van der Waals surface area (Å²) in [6.07, 6.45) is 0.0979. The molecule has 0 unspecified atom stereocenters. The lowest BCUT2D eigenvalue weighted by Crippen LogP contribution is -2.43. The van der Waals surface area contributed by atoms with Gasteiger partial charge in [-0.2, -0.15) is 0 Å². The number of Topliss-reactive ketones (excluding diaryl/α,β-unsaturated/α-hetero) is 1. The molecule has 0 bridgehead atoms. The van der Waals surface area contributed by atoms with E-state index < -0.39 is 6.10 Å². The van der Waals surface area contributed by atoms with Crippen LogP contribution in [-0.4, -0.2) is 30.9 Å². The minimum Gasteiger partial charge on any atom is -0.497 e. The summed E-state index contributed by atoms with van der Waals surface area (Å²) in [5.74, 6) is 0.685. The molecule has 0 radical (unpaired) electrons. The maximum absolute atomic E-state index is 13.0. The fraction of sp³-hybridized carbons (Fsp3) is 0.333. The Balaban J connectivity index is 1.86. The van der Waals surface area contributed by atoms with Gasteiger partial charge in [0, 0.05) is 17.8 Å². The second-order valence-corrected chi connectivity index (χ2v) is 6.57. The van der Waals surface area contributed by atoms with E-state index in [4.69, 9.17) is 9.47 Å². The molecule has 0 fully saturated rings. The molecule has 0 aliphatic carbocycles. The van der Waals surface area contributed by atoms with Crippen LogP contribution in [0, 0.1) is 0 Å². The normalized spacial score (nSPS) is 16.8. The lowest BCUT2D eigenvalue weighted by Gasteiger charge is -2.26. The molecular weight excluding hydrogens is 330 g/mol. The minimum atomic E-state index is -0.728. The van der Waals surface area contributed by atoms with Crippen LogP contribution in [-0.2, 0) is 11.2 Å². The van der Waals surface area contributed by atoms with Gasteiger partial charge in [-0.1, -0.05) is 18.2 Å². The third-order valence-corrected chi connectivity index (χ3v) is 4.66. The Morgan fingerprint density at radius 2 is 1.92 bits per heavy atom. The zero-order valence-corrected chi connectivity index (χ0v) is 15.5. The molecule has 1 aliphatic heterocycles. The summed E-state index contributed by atoms with van der Waals surface area (Å²) in [6.45, 7) is 5.20. The van der Waals surface area contributed by atoms with Gasteiger partial charge in [-0.25, -0.2) is 0 Å². The summed E-state index contributed by atoms with van der Waals surface area (Å²) in [6, 6.07) is 13.0. The number of hydrogen-bond donors (Lipinski definition) is 0. The highest BCUT2D eigenvalue weighted by atomic mass is 16.5. The third-order valence-electron chi connectivity index (χ3n) is 4.66. The Bertz CT molecular complexity index is 846. The first kappa shape index (κ1) is 18.0. The van der Waals surface area contributed by atoms with Gasteiger partial charge >= 0.3 is 0 Å². The van der Waals surface area contributed by atoms with E-state index in [-0.39, 0.29) is 17.7 Å². The van der Waals surface area contributed by atoms with Crippen molar-refractivity contribution in [1.82, 2.24) is 0 Å². The van der Waals surface area contributed by atoms with Gasteiger partial charge in [-0.05, 0) is 51.0 Å². The van der Waals surface area contributed by atoms with E-state index in [1.54, 1.807) is 37.1 Å². The van der Waals surface area contributed by atoms with Gasteiger partial charge in [0.2, 0.25) is 0 Å². The van der Waals surface area contributed by atoms with Gasteiger partial charge in [-0.15, -0.1) is 0 Å². The van der Waals surface area contributed by atoms with Gasteiger partial charge < -0.3 is 14.4 Å². The summed E-state index contributed by atoms with van der Waals surface area (Å²) in [4.78, 5) is 26.7. The highest BCUT2D eigenvalue weighted by Gasteiger charge is 2.34. The number of nitrogens with zero attached hydrogens (tertiary/aromatic N) is 1. The molecule has 5 nitrogen and oxygen atoms in total. The maximum Gasteiger partial charge on any atom is 0.268 e. The number of para-hydroxylation sites is 1. The molecule has 1 aliphatic rings. The Morgan fingerprint density at radius 1 is 1.19 bits per heavy atom. The maximum atomic E-state index is 13.0. The highest BCUT2D eigenvalue weighted by Crippen LogP contribution is 2.33. The molecule has 0 saturated heterocycles. The number of fused-ring (bicyclic) bond motifs is 1. The second-order valence-electron chi connectivity index (χ2n) is 6.57. The van der Waals surface area contributed by atoms with E-state index in [1.807, 2.05) is 31.2 Å². The van der Waals surface area contributed by atoms with Crippen LogP contribution < -0.4 is 14.4 Å². The van der Waals surface area contributed by atoms with Crippen molar-refractivity contribution in [3.8, 4) is 11.5 Å². The zero-order valence-electron chi connectivity index (χ0n) is 15.5. The van der Waals surface area contributed by atoms with E-state index in [0.717, 1.165) is 17.7 Å². The van der Waals surface area contributed by atoms with Crippen LogP contribution in [0.25, 0.3) is 0 Å². The quantitative estimate of drug-likeness (QED) is 0.770. The number of hydrogen-bond acceptors (Lipinski definition) is 4. The fourth-order valence-electron chi connectivity index (χ4n) is 3.36. The Kier molecular flexibility index (Phi) is 4.98. The predicted molar refractivity (Wildman–Crippen MR) is 100 cm³/mol. The molecule has 2 aromatic rings. The number of rotatable bonds is 5. The van der Waals surface area contributed by atoms with E-state index in [0.29, 0.717) is 17.1 Å². The number of ether oxygens (including phenoxy) is 2. The molecule has 136 valence electrons. The molecule has 0 spiro atoms. The number of amides is 1. The lowest BCUT2D eigenvalue weighted by molar-refractivity contribution is -0.124. The molecule has 0 N–H and O–H groups in total. The highest BCUT2D eigenvalue weighted by molar-refractivity contribution is 6.00. The predicted octanol–water partition coefficient (Wildman–Crippen LogP) is 3.64. The number of carbonyl (C=O) groups is 2. The second kappa shape index (κ2) is 7.20. The molecule has 1 heterocycles. The van der Waals surface area contributed by atoms with Crippen molar-refractivity contribution in [2.24, 2.45) is 0 Å². The van der Waals surface area contributed by atoms with Crippen LogP contribution in [0.4, 0.5) is 5.69 Å². The number of ketones is 1. The van der Waals surface area contributed by atoms with Crippen molar-refractivity contribution in [3.63, 3.8) is 0 Å². The number of benzene rings is 2. The zero-order chi connectivity index (χ0) is 18.8. The first-order valence-corrected chi connectivity index (χ1v) is 8.69. The van der Waals surface area contributed by atoms with Crippen molar-refractivity contribution in [2.75, 3.05) is 12.0 Å². The summed E-state index contributed by atoms with van der Waals surface area (Å²) < 4.78 is 11.1. The van der Waals surface area contributed by atoms with E-state index in [1.165, 1.54) is 6.92 Å². The standard InChI is InChI=1S/C21H23NO4/c1-13-11-16-7-5-6-8-19(16)22(13)21(24)15(3)26-20-12-17(25-4)9-10-18(20)14(2)23/h5-10,12-13,15H,11H2,1-4H3/t13-,15-/m0/s1. The average molecular weight is 353 g/mol. The van der Waals surface area contributed by atoms with Crippen molar-refractivity contribution in [3.05, 3.63) is 53.6 Å². The number of methoxy groups -OCH3 is 1. The molecule has 2 atom stereocenters. The Hall–Kier alpha value is -2.82. The van der Waals surface area contributed by atoms with Gasteiger partial charge in [0.25, 0.3) is 5.91 Å². The lowest BCUT2D eigenvalue weighted by atomic mass is 10.1.